The maximum atomic E-state index is 12.1. The summed E-state index contributed by atoms with van der Waals surface area (Å²) in [5.74, 6) is 1.24. The first-order valence-electron chi connectivity index (χ1n) is 7.49. The van der Waals surface area contributed by atoms with E-state index in [0.29, 0.717) is 17.1 Å². The Balaban J connectivity index is 1.68. The molecule has 5 nitrogen and oxygen atoms in total. The quantitative estimate of drug-likeness (QED) is 0.743. The summed E-state index contributed by atoms with van der Waals surface area (Å²) in [5.41, 5.74) is 2.07. The number of anilines is 3. The lowest BCUT2D eigenvalue weighted by Gasteiger charge is -2.11. The van der Waals surface area contributed by atoms with Gasteiger partial charge in [0.2, 0.25) is 0 Å². The zero-order chi connectivity index (χ0) is 16.8. The number of amides is 1. The minimum atomic E-state index is -0.164. The van der Waals surface area contributed by atoms with Crippen LogP contribution in [0.25, 0.3) is 0 Å². The van der Waals surface area contributed by atoms with Gasteiger partial charge in [-0.25, -0.2) is 4.98 Å². The molecule has 0 aliphatic rings. The first-order valence-corrected chi connectivity index (χ1v) is 7.49. The van der Waals surface area contributed by atoms with Crippen LogP contribution in [0.1, 0.15) is 10.4 Å². The first kappa shape index (κ1) is 15.6. The van der Waals surface area contributed by atoms with E-state index in [2.05, 4.69) is 15.6 Å². The van der Waals surface area contributed by atoms with E-state index in [1.54, 1.807) is 37.6 Å². The molecule has 1 heterocycles. The van der Waals surface area contributed by atoms with E-state index in [1.165, 1.54) is 0 Å². The molecular formula is C19H17N3O2. The van der Waals surface area contributed by atoms with Gasteiger partial charge in [0.15, 0.2) is 0 Å². The van der Waals surface area contributed by atoms with Crippen LogP contribution in [0.5, 0.6) is 5.75 Å². The minimum Gasteiger partial charge on any atom is -0.495 e. The molecule has 0 unspecified atom stereocenters. The number of carbonyl (C=O) groups is 1. The number of nitrogens with one attached hydrogen (secondary N) is 2. The highest BCUT2D eigenvalue weighted by molar-refractivity contribution is 6.04. The molecule has 24 heavy (non-hydrogen) atoms. The molecule has 0 saturated carbocycles. The molecule has 5 heteroatoms. The molecule has 0 fully saturated rings. The maximum Gasteiger partial charge on any atom is 0.255 e. The number of hydrogen-bond donors (Lipinski definition) is 2. The molecule has 0 aliphatic carbocycles. The number of para-hydroxylation sites is 2. The van der Waals surface area contributed by atoms with Gasteiger partial charge < -0.3 is 15.4 Å². The standard InChI is InChI=1S/C19H17N3O2/c1-24-17-10-6-5-9-16(17)22-18-12-11-15(13-20-18)21-19(23)14-7-3-2-4-8-14/h2-13H,1H3,(H,20,22)(H,21,23). The molecule has 2 aromatic carbocycles. The Morgan fingerprint density at radius 1 is 0.958 bits per heavy atom. The summed E-state index contributed by atoms with van der Waals surface area (Å²) >= 11 is 0. The zero-order valence-electron chi connectivity index (χ0n) is 13.2. The van der Waals surface area contributed by atoms with Crippen LogP contribution in [0.2, 0.25) is 0 Å². The number of methoxy groups -OCH3 is 1. The highest BCUT2D eigenvalue weighted by atomic mass is 16.5. The number of rotatable bonds is 5. The van der Waals surface area contributed by atoms with E-state index in [9.17, 15) is 4.79 Å². The van der Waals surface area contributed by atoms with Crippen LogP contribution in [-0.2, 0) is 0 Å². The summed E-state index contributed by atoms with van der Waals surface area (Å²) in [6.45, 7) is 0. The van der Waals surface area contributed by atoms with Gasteiger partial charge in [0.1, 0.15) is 11.6 Å². The second kappa shape index (κ2) is 7.28. The second-order valence-corrected chi connectivity index (χ2v) is 5.08. The Bertz CT molecular complexity index is 818. The molecule has 0 saturated heterocycles. The topological polar surface area (TPSA) is 63.2 Å². The van der Waals surface area contributed by atoms with Crippen molar-refractivity contribution < 1.29 is 9.53 Å². The van der Waals surface area contributed by atoms with Crippen LogP contribution in [0.4, 0.5) is 17.2 Å². The Morgan fingerprint density at radius 3 is 2.42 bits per heavy atom. The monoisotopic (exact) mass is 319 g/mol. The number of ether oxygens (including phenoxy) is 1. The van der Waals surface area contributed by atoms with Crippen LogP contribution in [0.15, 0.2) is 72.9 Å². The number of pyridine rings is 1. The molecule has 0 atom stereocenters. The molecule has 120 valence electrons. The summed E-state index contributed by atoms with van der Waals surface area (Å²) in [6.07, 6.45) is 1.61. The predicted octanol–water partition coefficient (Wildman–Crippen LogP) is 4.09. The molecule has 0 spiro atoms. The van der Waals surface area contributed by atoms with Crippen molar-refractivity contribution in [2.75, 3.05) is 17.7 Å². The van der Waals surface area contributed by atoms with Gasteiger partial charge >= 0.3 is 0 Å². The predicted molar refractivity (Wildman–Crippen MR) is 94.9 cm³/mol. The van der Waals surface area contributed by atoms with Crippen molar-refractivity contribution in [2.24, 2.45) is 0 Å². The number of carbonyl (C=O) groups excluding carboxylic acids is 1. The van der Waals surface area contributed by atoms with Crippen molar-refractivity contribution in [1.82, 2.24) is 4.98 Å². The number of hydrogen-bond acceptors (Lipinski definition) is 4. The highest BCUT2D eigenvalue weighted by Gasteiger charge is 2.06. The van der Waals surface area contributed by atoms with Crippen LogP contribution in [0.3, 0.4) is 0 Å². The number of benzene rings is 2. The molecule has 1 amide bonds. The lowest BCUT2D eigenvalue weighted by Crippen LogP contribution is -2.11. The smallest absolute Gasteiger partial charge is 0.255 e. The second-order valence-electron chi connectivity index (χ2n) is 5.08. The third-order valence-corrected chi connectivity index (χ3v) is 3.43. The van der Waals surface area contributed by atoms with Gasteiger partial charge in [0.05, 0.1) is 24.7 Å². The minimum absolute atomic E-state index is 0.164. The van der Waals surface area contributed by atoms with Crippen LogP contribution >= 0.6 is 0 Å². The van der Waals surface area contributed by atoms with Crippen molar-refractivity contribution >= 4 is 23.1 Å². The Morgan fingerprint density at radius 2 is 1.71 bits per heavy atom. The third-order valence-electron chi connectivity index (χ3n) is 3.43. The van der Waals surface area contributed by atoms with Gasteiger partial charge in [-0.05, 0) is 36.4 Å². The fourth-order valence-corrected chi connectivity index (χ4v) is 2.22. The van der Waals surface area contributed by atoms with Crippen LogP contribution in [-0.4, -0.2) is 18.0 Å². The molecule has 3 aromatic rings. The molecular weight excluding hydrogens is 302 g/mol. The van der Waals surface area contributed by atoms with Crippen LogP contribution in [0, 0.1) is 0 Å². The summed E-state index contributed by atoms with van der Waals surface area (Å²) in [5, 5.41) is 6.00. The lowest BCUT2D eigenvalue weighted by atomic mass is 10.2. The zero-order valence-corrected chi connectivity index (χ0v) is 13.2. The average Bonchev–Trinajstić information content (AvgIpc) is 2.64. The van der Waals surface area contributed by atoms with E-state index in [0.717, 1.165) is 11.4 Å². The molecule has 3 rings (SSSR count). The molecule has 0 radical (unpaired) electrons. The SMILES string of the molecule is COc1ccccc1Nc1ccc(NC(=O)c2ccccc2)cn1. The van der Waals surface area contributed by atoms with Gasteiger partial charge in [-0.15, -0.1) is 0 Å². The van der Waals surface area contributed by atoms with Gasteiger partial charge in [-0.3, -0.25) is 4.79 Å². The largest absolute Gasteiger partial charge is 0.495 e. The van der Waals surface area contributed by atoms with Crippen molar-refractivity contribution in [2.45, 2.75) is 0 Å². The lowest BCUT2D eigenvalue weighted by molar-refractivity contribution is 0.102. The molecule has 2 N–H and O–H groups in total. The van der Waals surface area contributed by atoms with E-state index in [1.807, 2.05) is 42.5 Å². The highest BCUT2D eigenvalue weighted by Crippen LogP contribution is 2.26. The van der Waals surface area contributed by atoms with Crippen molar-refractivity contribution in [1.29, 1.82) is 0 Å². The summed E-state index contributed by atoms with van der Waals surface area (Å²) in [6, 6.07) is 20.2. The van der Waals surface area contributed by atoms with Crippen molar-refractivity contribution in [3.8, 4) is 5.75 Å². The van der Waals surface area contributed by atoms with E-state index in [4.69, 9.17) is 4.74 Å². The maximum absolute atomic E-state index is 12.1. The number of aromatic nitrogens is 1. The number of nitrogens with zero attached hydrogens (tertiary/aromatic N) is 1. The summed E-state index contributed by atoms with van der Waals surface area (Å²) in [4.78, 5) is 16.4. The third kappa shape index (κ3) is 3.70. The van der Waals surface area contributed by atoms with Crippen molar-refractivity contribution in [3.63, 3.8) is 0 Å². The Hall–Kier alpha value is -3.34. The fourth-order valence-electron chi connectivity index (χ4n) is 2.22. The molecule has 0 aliphatic heterocycles. The van der Waals surface area contributed by atoms with Crippen molar-refractivity contribution in [3.05, 3.63) is 78.5 Å². The summed E-state index contributed by atoms with van der Waals surface area (Å²) < 4.78 is 5.30. The average molecular weight is 319 g/mol. The van der Waals surface area contributed by atoms with Gasteiger partial charge in [-0.2, -0.15) is 0 Å². The normalized spacial score (nSPS) is 10.0. The van der Waals surface area contributed by atoms with E-state index >= 15 is 0 Å². The van der Waals surface area contributed by atoms with E-state index in [-0.39, 0.29) is 5.91 Å². The first-order chi connectivity index (χ1) is 11.8. The Labute approximate surface area is 140 Å². The fraction of sp³-hybridized carbons (Fsp3) is 0.0526. The van der Waals surface area contributed by atoms with Gasteiger partial charge in [-0.1, -0.05) is 30.3 Å². The van der Waals surface area contributed by atoms with Gasteiger partial charge in [0.25, 0.3) is 5.91 Å². The van der Waals surface area contributed by atoms with Crippen LogP contribution < -0.4 is 15.4 Å². The van der Waals surface area contributed by atoms with Gasteiger partial charge in [0, 0.05) is 5.56 Å². The molecule has 1 aromatic heterocycles. The Kier molecular flexibility index (Phi) is 4.72. The summed E-state index contributed by atoms with van der Waals surface area (Å²) in [7, 11) is 1.62. The van der Waals surface area contributed by atoms with E-state index < -0.39 is 0 Å². The molecule has 0 bridgehead atoms.